The Morgan fingerprint density at radius 2 is 2.00 bits per heavy atom. The van der Waals surface area contributed by atoms with Gasteiger partial charge >= 0.3 is 0 Å². The van der Waals surface area contributed by atoms with Crippen molar-refractivity contribution >= 4 is 16.4 Å². The highest BCUT2D eigenvalue weighted by Crippen LogP contribution is 2.28. The maximum atomic E-state index is 10.5. The first-order valence-electron chi connectivity index (χ1n) is 3.35. The van der Waals surface area contributed by atoms with Gasteiger partial charge in [0.1, 0.15) is 6.29 Å². The highest BCUT2D eigenvalue weighted by atomic mass is 32.2. The van der Waals surface area contributed by atoms with E-state index in [1.165, 1.54) is 0 Å². The van der Waals surface area contributed by atoms with Crippen molar-refractivity contribution in [2.24, 2.45) is 5.92 Å². The first-order valence-corrected chi connectivity index (χ1v) is 5.16. The van der Waals surface area contributed by atoms with Gasteiger partial charge in [-0.3, -0.25) is 4.18 Å². The van der Waals surface area contributed by atoms with Crippen LogP contribution in [0, 0.1) is 5.92 Å². The molecule has 0 atom stereocenters. The molecule has 64 valence electrons. The van der Waals surface area contributed by atoms with Crippen LogP contribution < -0.4 is 0 Å². The predicted molar refractivity (Wildman–Crippen MR) is 38.5 cm³/mol. The van der Waals surface area contributed by atoms with E-state index in [4.69, 9.17) is 0 Å². The molecule has 1 saturated carbocycles. The van der Waals surface area contributed by atoms with Crippen molar-refractivity contribution in [2.75, 3.05) is 6.26 Å². The van der Waals surface area contributed by atoms with Crippen molar-refractivity contribution in [3.63, 3.8) is 0 Å². The molecule has 5 heteroatoms. The normalized spacial score (nSPS) is 31.0. The van der Waals surface area contributed by atoms with Crippen LogP contribution in [0.25, 0.3) is 0 Å². The van der Waals surface area contributed by atoms with Crippen LogP contribution in [0.5, 0.6) is 0 Å². The van der Waals surface area contributed by atoms with Crippen molar-refractivity contribution in [1.82, 2.24) is 0 Å². The molecule has 0 unspecified atom stereocenters. The molecule has 0 aromatic heterocycles. The minimum absolute atomic E-state index is 0.00162. The van der Waals surface area contributed by atoms with Crippen LogP contribution in [-0.2, 0) is 19.1 Å². The lowest BCUT2D eigenvalue weighted by molar-refractivity contribution is -0.115. The summed E-state index contributed by atoms with van der Waals surface area (Å²) < 4.78 is 25.7. The van der Waals surface area contributed by atoms with E-state index in [0.717, 1.165) is 12.5 Å². The lowest BCUT2D eigenvalue weighted by Crippen LogP contribution is -2.33. The van der Waals surface area contributed by atoms with Crippen LogP contribution in [0.4, 0.5) is 0 Å². The molecule has 0 aromatic rings. The zero-order chi connectivity index (χ0) is 8.48. The van der Waals surface area contributed by atoms with Gasteiger partial charge in [0.15, 0.2) is 0 Å². The van der Waals surface area contributed by atoms with Crippen molar-refractivity contribution in [1.29, 1.82) is 0 Å². The Kier molecular flexibility index (Phi) is 2.29. The number of aldehydes is 1. The average Bonchev–Trinajstić information content (AvgIpc) is 1.75. The number of hydrogen-bond donors (Lipinski definition) is 0. The summed E-state index contributed by atoms with van der Waals surface area (Å²) in [5, 5.41) is 0. The van der Waals surface area contributed by atoms with Crippen LogP contribution in [0.2, 0.25) is 0 Å². The highest BCUT2D eigenvalue weighted by molar-refractivity contribution is 7.86. The summed E-state index contributed by atoms with van der Waals surface area (Å²) >= 11 is 0. The smallest absolute Gasteiger partial charge is 0.264 e. The van der Waals surface area contributed by atoms with Crippen LogP contribution in [0.3, 0.4) is 0 Å². The van der Waals surface area contributed by atoms with Gasteiger partial charge < -0.3 is 4.79 Å². The van der Waals surface area contributed by atoms with Gasteiger partial charge in [-0.2, -0.15) is 8.42 Å². The maximum absolute atomic E-state index is 10.5. The molecule has 4 nitrogen and oxygen atoms in total. The van der Waals surface area contributed by atoms with Gasteiger partial charge in [0.2, 0.25) is 0 Å². The number of rotatable bonds is 3. The van der Waals surface area contributed by atoms with E-state index in [0.29, 0.717) is 12.8 Å². The summed E-state index contributed by atoms with van der Waals surface area (Å²) in [6.45, 7) is 0. The third kappa shape index (κ3) is 2.59. The summed E-state index contributed by atoms with van der Waals surface area (Å²) in [6, 6.07) is 0. The largest absolute Gasteiger partial charge is 0.303 e. The Labute approximate surface area is 65.7 Å². The van der Waals surface area contributed by atoms with Crippen molar-refractivity contribution < 1.29 is 17.4 Å². The predicted octanol–water partition coefficient (Wildman–Crippen LogP) is -0.0599. The molecule has 1 aliphatic rings. The fraction of sp³-hybridized carbons (Fsp3) is 0.833. The second kappa shape index (κ2) is 2.91. The monoisotopic (exact) mass is 178 g/mol. The van der Waals surface area contributed by atoms with E-state index in [-0.39, 0.29) is 12.0 Å². The van der Waals surface area contributed by atoms with Crippen molar-refractivity contribution in [2.45, 2.75) is 18.9 Å². The first-order chi connectivity index (χ1) is 5.01. The highest BCUT2D eigenvalue weighted by Gasteiger charge is 2.31. The molecule has 0 bridgehead atoms. The Bertz CT molecular complexity index is 237. The topological polar surface area (TPSA) is 60.4 Å². The van der Waals surface area contributed by atoms with E-state index in [1.807, 2.05) is 0 Å². The third-order valence-electron chi connectivity index (χ3n) is 1.63. The molecule has 0 spiro atoms. The van der Waals surface area contributed by atoms with E-state index in [9.17, 15) is 13.2 Å². The summed E-state index contributed by atoms with van der Waals surface area (Å²) in [5.74, 6) is 0.00162. The Morgan fingerprint density at radius 3 is 2.36 bits per heavy atom. The first kappa shape index (κ1) is 8.67. The Hall–Kier alpha value is -0.420. The van der Waals surface area contributed by atoms with Gasteiger partial charge in [-0.15, -0.1) is 0 Å². The summed E-state index contributed by atoms with van der Waals surface area (Å²) in [6.07, 6.45) is 2.66. The zero-order valence-electron chi connectivity index (χ0n) is 6.19. The van der Waals surface area contributed by atoms with E-state index >= 15 is 0 Å². The molecule has 0 amide bonds. The number of carbonyl (C=O) groups excluding carboxylic acids is 1. The molecule has 1 rings (SSSR count). The number of carbonyl (C=O) groups is 1. The fourth-order valence-corrected chi connectivity index (χ4v) is 1.69. The lowest BCUT2D eigenvalue weighted by atomic mass is 9.84. The molecule has 0 aliphatic heterocycles. The average molecular weight is 178 g/mol. The van der Waals surface area contributed by atoms with Gasteiger partial charge in [0.25, 0.3) is 10.1 Å². The van der Waals surface area contributed by atoms with Gasteiger partial charge in [-0.1, -0.05) is 0 Å². The minimum atomic E-state index is -3.33. The van der Waals surface area contributed by atoms with Gasteiger partial charge in [-0.05, 0) is 12.8 Å². The molecule has 0 radical (unpaired) electrons. The van der Waals surface area contributed by atoms with Crippen LogP contribution >= 0.6 is 0 Å². The molecule has 0 saturated heterocycles. The second-order valence-electron chi connectivity index (χ2n) is 2.79. The fourth-order valence-electron chi connectivity index (χ4n) is 1.04. The lowest BCUT2D eigenvalue weighted by Gasteiger charge is -2.29. The van der Waals surface area contributed by atoms with Gasteiger partial charge in [0, 0.05) is 5.92 Å². The van der Waals surface area contributed by atoms with Crippen LogP contribution in [-0.4, -0.2) is 27.1 Å². The van der Waals surface area contributed by atoms with Gasteiger partial charge in [-0.25, -0.2) is 0 Å². The van der Waals surface area contributed by atoms with E-state index < -0.39 is 10.1 Å². The quantitative estimate of drug-likeness (QED) is 0.448. The molecule has 11 heavy (non-hydrogen) atoms. The van der Waals surface area contributed by atoms with Crippen molar-refractivity contribution in [3.8, 4) is 0 Å². The molecule has 0 aromatic carbocycles. The summed E-state index contributed by atoms with van der Waals surface area (Å²) in [5.41, 5.74) is 0. The van der Waals surface area contributed by atoms with Crippen molar-refractivity contribution in [3.05, 3.63) is 0 Å². The zero-order valence-corrected chi connectivity index (χ0v) is 7.00. The second-order valence-corrected chi connectivity index (χ2v) is 4.39. The summed E-state index contributed by atoms with van der Waals surface area (Å²) in [4.78, 5) is 10.1. The summed E-state index contributed by atoms with van der Waals surface area (Å²) in [7, 11) is -3.33. The van der Waals surface area contributed by atoms with E-state index in [2.05, 4.69) is 4.18 Å². The van der Waals surface area contributed by atoms with E-state index in [1.54, 1.807) is 0 Å². The Morgan fingerprint density at radius 1 is 1.45 bits per heavy atom. The standard InChI is InChI=1S/C6H10O4S/c1-11(8,9)10-6-2-5(3-6)4-7/h4-6H,2-3H2,1H3. The molecule has 1 fully saturated rings. The Balaban J connectivity index is 2.29. The minimum Gasteiger partial charge on any atom is -0.303 e. The van der Waals surface area contributed by atoms with Crippen LogP contribution in [0.1, 0.15) is 12.8 Å². The molecule has 0 N–H and O–H groups in total. The maximum Gasteiger partial charge on any atom is 0.264 e. The number of hydrogen-bond acceptors (Lipinski definition) is 4. The van der Waals surface area contributed by atoms with Crippen LogP contribution in [0.15, 0.2) is 0 Å². The SMILES string of the molecule is CS(=O)(=O)OC1CC(C=O)C1. The molecular formula is C6H10O4S. The molecular weight excluding hydrogens is 168 g/mol. The molecule has 0 heterocycles. The molecule has 1 aliphatic carbocycles. The van der Waals surface area contributed by atoms with Gasteiger partial charge in [0.05, 0.1) is 12.4 Å². The third-order valence-corrected chi connectivity index (χ3v) is 2.26.